The Balaban J connectivity index is 2.14. The third kappa shape index (κ3) is 3.32. The Kier molecular flexibility index (Phi) is 5.24. The summed E-state index contributed by atoms with van der Waals surface area (Å²) in [6, 6.07) is 5.45. The SMILES string of the molecule is CCN(Cc1ccc(OC)c(OC)c1)C(=O)[C@]1(F)CCNC1. The van der Waals surface area contributed by atoms with Gasteiger partial charge < -0.3 is 19.7 Å². The molecule has 6 heteroatoms. The maximum absolute atomic E-state index is 14.6. The molecule has 22 heavy (non-hydrogen) atoms. The molecule has 1 atom stereocenters. The van der Waals surface area contributed by atoms with Crippen molar-refractivity contribution in [1.82, 2.24) is 10.2 Å². The van der Waals surface area contributed by atoms with E-state index in [4.69, 9.17) is 9.47 Å². The molecular weight excluding hydrogens is 287 g/mol. The first-order valence-corrected chi connectivity index (χ1v) is 7.44. The number of benzene rings is 1. The lowest BCUT2D eigenvalue weighted by Gasteiger charge is -2.28. The molecule has 1 aliphatic rings. The Hall–Kier alpha value is -1.82. The summed E-state index contributed by atoms with van der Waals surface area (Å²) in [5.41, 5.74) is -0.908. The number of nitrogens with zero attached hydrogens (tertiary/aromatic N) is 1. The molecule has 1 aliphatic heterocycles. The van der Waals surface area contributed by atoms with E-state index in [-0.39, 0.29) is 13.0 Å². The lowest BCUT2D eigenvalue weighted by atomic mass is 10.0. The Morgan fingerprint density at radius 3 is 2.64 bits per heavy atom. The van der Waals surface area contributed by atoms with Gasteiger partial charge in [-0.25, -0.2) is 4.39 Å². The number of ether oxygens (including phenoxy) is 2. The van der Waals surface area contributed by atoms with Gasteiger partial charge in [-0.15, -0.1) is 0 Å². The van der Waals surface area contributed by atoms with E-state index < -0.39 is 11.6 Å². The molecule has 0 aromatic heterocycles. The van der Waals surface area contributed by atoms with Crippen LogP contribution in [0.5, 0.6) is 11.5 Å². The minimum Gasteiger partial charge on any atom is -0.493 e. The van der Waals surface area contributed by atoms with Gasteiger partial charge in [0.15, 0.2) is 11.5 Å². The second kappa shape index (κ2) is 6.96. The fraction of sp³-hybridized carbons (Fsp3) is 0.562. The maximum Gasteiger partial charge on any atom is 0.261 e. The van der Waals surface area contributed by atoms with Crippen LogP contribution in [0.1, 0.15) is 18.9 Å². The zero-order chi connectivity index (χ0) is 16.2. The molecule has 2 rings (SSSR count). The minimum atomic E-state index is -1.79. The first kappa shape index (κ1) is 16.5. The molecule has 0 bridgehead atoms. The van der Waals surface area contributed by atoms with E-state index in [0.717, 1.165) is 5.56 Å². The van der Waals surface area contributed by atoms with Crippen LogP contribution in [-0.2, 0) is 11.3 Å². The van der Waals surface area contributed by atoms with E-state index >= 15 is 0 Å². The maximum atomic E-state index is 14.6. The Morgan fingerprint density at radius 1 is 1.36 bits per heavy atom. The summed E-state index contributed by atoms with van der Waals surface area (Å²) in [5, 5.41) is 2.91. The molecule has 0 aliphatic carbocycles. The molecule has 1 aromatic carbocycles. The van der Waals surface area contributed by atoms with Crippen LogP contribution in [0.25, 0.3) is 0 Å². The molecule has 0 radical (unpaired) electrons. The number of rotatable bonds is 6. The number of methoxy groups -OCH3 is 2. The molecule has 1 saturated heterocycles. The average Bonchev–Trinajstić information content (AvgIpc) is 2.99. The third-order valence-electron chi connectivity index (χ3n) is 3.98. The van der Waals surface area contributed by atoms with Gasteiger partial charge >= 0.3 is 0 Å². The second-order valence-corrected chi connectivity index (χ2v) is 5.40. The van der Waals surface area contributed by atoms with Crippen LogP contribution in [-0.4, -0.2) is 50.3 Å². The smallest absolute Gasteiger partial charge is 0.261 e. The van der Waals surface area contributed by atoms with E-state index in [9.17, 15) is 9.18 Å². The molecule has 1 amide bonds. The van der Waals surface area contributed by atoms with Gasteiger partial charge in [-0.05, 0) is 31.2 Å². The van der Waals surface area contributed by atoms with Crippen LogP contribution in [0.2, 0.25) is 0 Å². The van der Waals surface area contributed by atoms with E-state index in [0.29, 0.717) is 31.1 Å². The first-order chi connectivity index (χ1) is 10.5. The fourth-order valence-electron chi connectivity index (χ4n) is 2.65. The lowest BCUT2D eigenvalue weighted by Crippen LogP contribution is -2.47. The molecular formula is C16H23FN2O3. The van der Waals surface area contributed by atoms with Crippen molar-refractivity contribution in [2.75, 3.05) is 33.9 Å². The summed E-state index contributed by atoms with van der Waals surface area (Å²) >= 11 is 0. The quantitative estimate of drug-likeness (QED) is 0.870. The van der Waals surface area contributed by atoms with Crippen LogP contribution < -0.4 is 14.8 Å². The zero-order valence-electron chi connectivity index (χ0n) is 13.3. The van der Waals surface area contributed by atoms with E-state index in [1.54, 1.807) is 20.3 Å². The summed E-state index contributed by atoms with van der Waals surface area (Å²) in [7, 11) is 3.13. The van der Waals surface area contributed by atoms with Crippen LogP contribution >= 0.6 is 0 Å². The van der Waals surface area contributed by atoms with Crippen molar-refractivity contribution >= 4 is 5.91 Å². The topological polar surface area (TPSA) is 50.8 Å². The Morgan fingerprint density at radius 2 is 2.09 bits per heavy atom. The molecule has 0 saturated carbocycles. The molecule has 0 unspecified atom stereocenters. The molecule has 1 fully saturated rings. The highest BCUT2D eigenvalue weighted by Gasteiger charge is 2.43. The molecule has 1 aromatic rings. The second-order valence-electron chi connectivity index (χ2n) is 5.40. The predicted octanol–water partition coefficient (Wildman–Crippen LogP) is 1.75. The standard InChI is InChI=1S/C16H23FN2O3/c1-4-19(15(20)16(17)7-8-18-11-16)10-12-5-6-13(21-2)14(9-12)22-3/h5-6,9,18H,4,7-8,10-11H2,1-3H3/t16-/m0/s1. The van der Waals surface area contributed by atoms with E-state index in [1.165, 1.54) is 4.90 Å². The minimum absolute atomic E-state index is 0.0915. The third-order valence-corrected chi connectivity index (χ3v) is 3.98. The van der Waals surface area contributed by atoms with Gasteiger partial charge in [0.05, 0.1) is 14.2 Å². The van der Waals surface area contributed by atoms with Gasteiger partial charge in [-0.1, -0.05) is 6.07 Å². The van der Waals surface area contributed by atoms with E-state index in [1.807, 2.05) is 19.1 Å². The monoisotopic (exact) mass is 310 g/mol. The number of amides is 1. The van der Waals surface area contributed by atoms with Crippen LogP contribution in [0, 0.1) is 0 Å². The first-order valence-electron chi connectivity index (χ1n) is 7.44. The zero-order valence-corrected chi connectivity index (χ0v) is 13.3. The summed E-state index contributed by atoms with van der Waals surface area (Å²) in [4.78, 5) is 14.0. The number of nitrogens with one attached hydrogen (secondary N) is 1. The number of alkyl halides is 1. The Bertz CT molecular complexity index is 530. The molecule has 122 valence electrons. The molecule has 5 nitrogen and oxygen atoms in total. The fourth-order valence-corrected chi connectivity index (χ4v) is 2.65. The van der Waals surface area contributed by atoms with Gasteiger partial charge in [-0.3, -0.25) is 4.79 Å². The summed E-state index contributed by atoms with van der Waals surface area (Å²) < 4.78 is 25.1. The highest BCUT2D eigenvalue weighted by Crippen LogP contribution is 2.29. The summed E-state index contributed by atoms with van der Waals surface area (Å²) in [5.74, 6) is 0.776. The predicted molar refractivity (Wildman–Crippen MR) is 82.0 cm³/mol. The number of halogens is 1. The van der Waals surface area contributed by atoms with Crippen molar-refractivity contribution in [3.8, 4) is 11.5 Å². The average molecular weight is 310 g/mol. The normalized spacial score (nSPS) is 20.7. The molecule has 1 N–H and O–H groups in total. The highest BCUT2D eigenvalue weighted by atomic mass is 19.1. The largest absolute Gasteiger partial charge is 0.493 e. The molecule has 0 spiro atoms. The number of hydrogen-bond acceptors (Lipinski definition) is 4. The van der Waals surface area contributed by atoms with Crippen molar-refractivity contribution in [2.45, 2.75) is 25.6 Å². The van der Waals surface area contributed by atoms with Crippen molar-refractivity contribution in [3.05, 3.63) is 23.8 Å². The van der Waals surface area contributed by atoms with Crippen molar-refractivity contribution < 1.29 is 18.7 Å². The van der Waals surface area contributed by atoms with Crippen LogP contribution in [0.15, 0.2) is 18.2 Å². The van der Waals surface area contributed by atoms with Gasteiger partial charge in [0, 0.05) is 26.1 Å². The number of carbonyl (C=O) groups excluding carboxylic acids is 1. The summed E-state index contributed by atoms with van der Waals surface area (Å²) in [6.45, 7) is 3.29. The molecule has 1 heterocycles. The summed E-state index contributed by atoms with van der Waals surface area (Å²) in [6.07, 6.45) is 0.230. The highest BCUT2D eigenvalue weighted by molar-refractivity contribution is 5.85. The lowest BCUT2D eigenvalue weighted by molar-refractivity contribution is -0.143. The number of hydrogen-bond donors (Lipinski definition) is 1. The van der Waals surface area contributed by atoms with Crippen LogP contribution in [0.3, 0.4) is 0 Å². The van der Waals surface area contributed by atoms with Crippen molar-refractivity contribution in [1.29, 1.82) is 0 Å². The van der Waals surface area contributed by atoms with Crippen molar-refractivity contribution in [3.63, 3.8) is 0 Å². The number of carbonyl (C=O) groups is 1. The van der Waals surface area contributed by atoms with Gasteiger partial charge in [0.2, 0.25) is 5.67 Å². The van der Waals surface area contributed by atoms with Gasteiger partial charge in [0.1, 0.15) is 0 Å². The van der Waals surface area contributed by atoms with Crippen LogP contribution in [0.4, 0.5) is 4.39 Å². The van der Waals surface area contributed by atoms with Crippen molar-refractivity contribution in [2.24, 2.45) is 0 Å². The van der Waals surface area contributed by atoms with E-state index in [2.05, 4.69) is 5.32 Å². The Labute approximate surface area is 130 Å². The van der Waals surface area contributed by atoms with Gasteiger partial charge in [-0.2, -0.15) is 0 Å². The van der Waals surface area contributed by atoms with Gasteiger partial charge in [0.25, 0.3) is 5.91 Å².